The number of ether oxygens (including phenoxy) is 1. The number of hydrogen-bond acceptors (Lipinski definition) is 13. The molecule has 6 aliphatic carbocycles. The first kappa shape index (κ1) is 70.5. The number of nitrogens with two attached hydrogens (primary N) is 1. The second kappa shape index (κ2) is 25.7. The van der Waals surface area contributed by atoms with Gasteiger partial charge in [-0.2, -0.15) is 5.26 Å². The number of aliphatic hydroxyl groups excluding tert-OH is 1. The van der Waals surface area contributed by atoms with Crippen LogP contribution in [0.2, 0.25) is 0 Å². The van der Waals surface area contributed by atoms with Crippen molar-refractivity contribution in [2.24, 2.45) is 40.2 Å². The Bertz CT molecular complexity index is 3390. The van der Waals surface area contributed by atoms with Crippen molar-refractivity contribution < 1.29 is 60.4 Å². The minimum atomic E-state index is -2.78. The van der Waals surface area contributed by atoms with E-state index in [1.165, 1.54) is 24.1 Å². The summed E-state index contributed by atoms with van der Waals surface area (Å²) in [5.41, 5.74) is 5.57. The van der Waals surface area contributed by atoms with Crippen LogP contribution in [0.4, 0.5) is 22.4 Å². The molecule has 8 saturated heterocycles. The smallest absolute Gasteiger partial charge is 0.447 e. The normalized spacial score (nSPS) is 35.4. The Hall–Kier alpha value is -5.36. The number of fused-ring (bicyclic) bond motifs is 4. The first-order valence-electron chi connectivity index (χ1n) is 35.3. The third-order valence-electron chi connectivity index (χ3n) is 25.9. The number of rotatable bonds is 16. The standard InChI is InChI=1S/C37H49BF2N4O5.C18H26BNO2.C18H25F2N3O2/c1-33(2,43-17-16-37(39,40)22-43)21-27(41-6)31(45)44-26-12-14-36(44,15-13-26)23-47-32(46)42-30(18-24-10-8-7-9-11-24)38-48-29-20-25-19-28(34(25,3)4)35(29,5)49-38;1-17(2)13-10-14(17)18(3)15(11-13)21-19(22-18)16(20)9-12-7-5-4-6-8-12;1-16(2,22-8-7-18(19,20)11-22)9-13(10-21)15(25)23-14-3-5-17(23,12-24)6-4-14/h7-11,21,25-26,28-30H,12-20,22-23H2,1-5H3,(H,42,46);4-8,13-16H,9-11,20H2,1-3H3;9,14,24H,3-8,11-12H2,1-2H3/t25-,26?,28-,29+,30-,35-,36?;13-,14-,15+,16-,18-;/m00./s1. The third kappa shape index (κ3) is 12.9. The molecule has 2 aromatic carbocycles. The summed E-state index contributed by atoms with van der Waals surface area (Å²) in [5, 5.41) is 22.4. The van der Waals surface area contributed by atoms with Crippen molar-refractivity contribution in [3.8, 4) is 6.07 Å². The predicted octanol–water partition coefficient (Wildman–Crippen LogP) is 10.9. The second-order valence-electron chi connectivity index (χ2n) is 33.1. The highest BCUT2D eigenvalue weighted by atomic mass is 19.3. The molecule has 6 saturated carbocycles. The third-order valence-corrected chi connectivity index (χ3v) is 25.9. The number of nitriles is 1. The average molecular weight is 1330 g/mol. The minimum absolute atomic E-state index is 0.00316. The van der Waals surface area contributed by atoms with Gasteiger partial charge in [-0.1, -0.05) is 94.4 Å². The van der Waals surface area contributed by atoms with Gasteiger partial charge in [-0.3, -0.25) is 19.4 Å². The van der Waals surface area contributed by atoms with Gasteiger partial charge in [-0.15, -0.1) is 0 Å². The number of aliphatic hydroxyl groups is 1. The lowest BCUT2D eigenvalue weighted by Crippen LogP contribution is -2.65. The molecular formula is C73H100B2F4N8O9. The van der Waals surface area contributed by atoms with Crippen molar-refractivity contribution in [3.05, 3.63) is 107 Å². The number of likely N-dealkylation sites (tertiary alicyclic amines) is 2. The van der Waals surface area contributed by atoms with Crippen LogP contribution in [0, 0.1) is 52.4 Å². The maximum absolute atomic E-state index is 14.0. The number of amides is 3. The molecule has 96 heavy (non-hydrogen) atoms. The molecule has 8 heterocycles. The average Bonchev–Trinajstić information content (AvgIpc) is 1.29. The summed E-state index contributed by atoms with van der Waals surface area (Å²) < 4.78 is 87.0. The number of alkyl carbamates (subject to hydrolysis) is 1. The number of benzene rings is 2. The molecule has 14 aliphatic rings. The van der Waals surface area contributed by atoms with E-state index in [-0.39, 0.29) is 111 Å². The lowest BCUT2D eigenvalue weighted by atomic mass is 9.43. The first-order valence-corrected chi connectivity index (χ1v) is 35.3. The van der Waals surface area contributed by atoms with Crippen molar-refractivity contribution in [2.45, 2.75) is 253 Å². The van der Waals surface area contributed by atoms with Gasteiger partial charge < -0.3 is 49.3 Å². The highest BCUT2D eigenvalue weighted by molar-refractivity contribution is 6.48. The number of alkyl halides is 4. The monoisotopic (exact) mass is 1330 g/mol. The minimum Gasteiger partial charge on any atom is -0.447 e. The fraction of sp³-hybridized carbons (Fsp3) is 0.712. The Morgan fingerprint density at radius 1 is 0.708 bits per heavy atom. The van der Waals surface area contributed by atoms with Gasteiger partial charge in [0.1, 0.15) is 18.2 Å². The van der Waals surface area contributed by atoms with E-state index in [0.717, 1.165) is 75.7 Å². The van der Waals surface area contributed by atoms with Crippen LogP contribution in [0.5, 0.6) is 0 Å². The molecule has 0 aromatic heterocycles. The maximum Gasteiger partial charge on any atom is 0.482 e. The van der Waals surface area contributed by atoms with Crippen molar-refractivity contribution in [2.75, 3.05) is 39.4 Å². The lowest BCUT2D eigenvalue weighted by molar-refractivity contribution is -0.199. The summed E-state index contributed by atoms with van der Waals surface area (Å²) >= 11 is 0. The van der Waals surface area contributed by atoms with Crippen molar-refractivity contribution in [1.29, 1.82) is 5.26 Å². The van der Waals surface area contributed by atoms with Crippen LogP contribution in [0.3, 0.4) is 0 Å². The van der Waals surface area contributed by atoms with Gasteiger partial charge in [0.05, 0.1) is 66.7 Å². The number of nitrogens with zero attached hydrogens (tertiary/aromatic N) is 6. The van der Waals surface area contributed by atoms with E-state index in [2.05, 4.69) is 76.0 Å². The molecule has 3 amide bonds. The quantitative estimate of drug-likeness (QED) is 0.0472. The Balaban J connectivity index is 0.000000155. The van der Waals surface area contributed by atoms with Crippen molar-refractivity contribution in [1.82, 2.24) is 24.9 Å². The van der Waals surface area contributed by atoms with E-state index < -0.39 is 71.2 Å². The fourth-order valence-electron chi connectivity index (χ4n) is 19.7. The summed E-state index contributed by atoms with van der Waals surface area (Å²) in [6.07, 6.45) is 13.9. The van der Waals surface area contributed by atoms with E-state index in [1.54, 1.807) is 47.3 Å². The van der Waals surface area contributed by atoms with Crippen LogP contribution in [0.15, 0.2) is 84.1 Å². The summed E-state index contributed by atoms with van der Waals surface area (Å²) in [6, 6.07) is 22.3. The van der Waals surface area contributed by atoms with Crippen LogP contribution in [-0.4, -0.2) is 178 Å². The molecule has 8 aliphatic heterocycles. The molecule has 4 N–H and O–H groups in total. The fourth-order valence-corrected chi connectivity index (χ4v) is 19.7. The molecule has 0 spiro atoms. The lowest BCUT2D eigenvalue weighted by Gasteiger charge is -2.64. The van der Waals surface area contributed by atoms with E-state index in [1.807, 2.05) is 42.5 Å². The number of nitrogens with one attached hydrogen (secondary N) is 1. The van der Waals surface area contributed by atoms with Gasteiger partial charge in [0.25, 0.3) is 23.7 Å². The molecule has 23 heteroatoms. The van der Waals surface area contributed by atoms with Gasteiger partial charge in [0.2, 0.25) is 5.70 Å². The zero-order valence-electron chi connectivity index (χ0n) is 57.9. The van der Waals surface area contributed by atoms with Gasteiger partial charge in [-0.05, 0) is 183 Å². The second-order valence-corrected chi connectivity index (χ2v) is 33.1. The van der Waals surface area contributed by atoms with Crippen molar-refractivity contribution in [3.63, 3.8) is 0 Å². The molecule has 520 valence electrons. The Morgan fingerprint density at radius 2 is 1.17 bits per heavy atom. The summed E-state index contributed by atoms with van der Waals surface area (Å²) in [6.45, 7) is 28.2. The zero-order chi connectivity index (χ0) is 69.0. The van der Waals surface area contributed by atoms with E-state index in [9.17, 15) is 42.3 Å². The van der Waals surface area contributed by atoms with E-state index in [0.29, 0.717) is 42.4 Å². The molecular weight excluding hydrogens is 1230 g/mol. The first-order chi connectivity index (χ1) is 45.1. The summed E-state index contributed by atoms with van der Waals surface area (Å²) in [5.74, 6) is -4.56. The van der Waals surface area contributed by atoms with Crippen LogP contribution >= 0.6 is 0 Å². The molecule has 0 radical (unpaired) electrons. The van der Waals surface area contributed by atoms with Gasteiger partial charge in [0.15, 0.2) is 0 Å². The molecule has 2 aromatic rings. The van der Waals surface area contributed by atoms with E-state index in [4.69, 9.17) is 35.7 Å². The zero-order valence-corrected chi connectivity index (χ0v) is 57.9. The number of hydrogen-bond donors (Lipinski definition) is 3. The van der Waals surface area contributed by atoms with Crippen LogP contribution < -0.4 is 11.1 Å². The Labute approximate surface area is 566 Å². The topological polar surface area (TPSA) is 197 Å². The number of carbonyl (C=O) groups excluding carboxylic acids is 3. The van der Waals surface area contributed by atoms with Gasteiger partial charge in [0, 0.05) is 55.0 Å². The highest BCUT2D eigenvalue weighted by Crippen LogP contribution is 2.67. The molecule has 14 fully saturated rings. The predicted molar refractivity (Wildman–Crippen MR) is 356 cm³/mol. The van der Waals surface area contributed by atoms with Crippen LogP contribution in [-0.2, 0) is 45.8 Å². The Morgan fingerprint density at radius 3 is 1.62 bits per heavy atom. The molecule has 0 unspecified atom stereocenters. The Kier molecular flexibility index (Phi) is 18.9. The molecule has 16 rings (SSSR count). The highest BCUT2D eigenvalue weighted by Gasteiger charge is 2.70. The van der Waals surface area contributed by atoms with Gasteiger partial charge in [-0.25, -0.2) is 27.2 Å². The van der Waals surface area contributed by atoms with Crippen LogP contribution in [0.25, 0.3) is 4.85 Å². The summed E-state index contributed by atoms with van der Waals surface area (Å²) in [4.78, 5) is 50.8. The molecule has 17 nitrogen and oxygen atoms in total. The van der Waals surface area contributed by atoms with Crippen LogP contribution in [0.1, 0.15) is 170 Å². The summed E-state index contributed by atoms with van der Waals surface area (Å²) in [7, 11) is -0.910. The number of halogens is 4. The maximum atomic E-state index is 14.0. The van der Waals surface area contributed by atoms with Gasteiger partial charge >= 0.3 is 20.3 Å². The molecule has 8 bridgehead atoms. The SMILES string of the molecule is CC(C)(C=C(C#N)C(=O)N1C2CCC1(CO)CC2)N1CCC(F)(F)C1.CC1(C)[C@@H]2C[C@H]3OB([C@@H](N)Cc4ccccc4)O[C@@]3(C)[C@H]1C2.[C-]#[N+]C(=CC(C)(C)N1CCC(F)(F)C1)C(=O)N1C2CCC1(COC(=O)N[C@@H](Cc1ccccc1)B1O[C@@H]3C[C@@H]4C[C@@H](C4(C)C)[C@]3(C)O1)CC2. The largest absolute Gasteiger partial charge is 0.482 e. The molecule has 10 atom stereocenters. The number of carbonyl (C=O) groups is 3. The van der Waals surface area contributed by atoms with E-state index >= 15 is 0 Å². The van der Waals surface area contributed by atoms with Crippen molar-refractivity contribution >= 4 is 32.1 Å².